The van der Waals surface area contributed by atoms with Gasteiger partial charge < -0.3 is 10.2 Å². The molecule has 0 aromatic heterocycles. The van der Waals surface area contributed by atoms with Crippen molar-refractivity contribution in [3.8, 4) is 0 Å². The van der Waals surface area contributed by atoms with Crippen LogP contribution in [0, 0.1) is 0 Å². The van der Waals surface area contributed by atoms with E-state index in [1.165, 1.54) is 0 Å². The van der Waals surface area contributed by atoms with E-state index in [4.69, 9.17) is 0 Å². The van der Waals surface area contributed by atoms with Crippen molar-refractivity contribution in [2.45, 2.75) is 30.6 Å². The zero-order valence-electron chi connectivity index (χ0n) is 10.2. The Bertz CT molecular complexity index is 471. The quantitative estimate of drug-likeness (QED) is 0.534. The maximum Gasteiger partial charge on any atom is 0.216 e. The Hall–Kier alpha value is -0.220. The molecule has 0 bridgehead atoms. The first kappa shape index (κ1) is 15.8. The van der Waals surface area contributed by atoms with Crippen molar-refractivity contribution in [2.75, 3.05) is 24.7 Å². The summed E-state index contributed by atoms with van der Waals surface area (Å²) >= 11 is 0. The van der Waals surface area contributed by atoms with Crippen LogP contribution in [0.1, 0.15) is 19.8 Å². The summed E-state index contributed by atoms with van der Waals surface area (Å²) in [6.45, 7) is 0.539. The summed E-state index contributed by atoms with van der Waals surface area (Å²) in [7, 11) is -7.17. The smallest absolute Gasteiger partial charge is 0.216 e. The van der Waals surface area contributed by atoms with Gasteiger partial charge in [-0.2, -0.15) is 0 Å². The second-order valence-corrected chi connectivity index (χ2v) is 8.81. The first-order chi connectivity index (χ1) is 8.20. The van der Waals surface area contributed by atoms with E-state index in [2.05, 4.69) is 4.72 Å². The molecule has 9 heteroatoms. The molecular formula is C9H19NO6S2. The first-order valence-corrected chi connectivity index (χ1v) is 9.02. The van der Waals surface area contributed by atoms with Crippen molar-refractivity contribution >= 4 is 19.9 Å². The monoisotopic (exact) mass is 301 g/mol. The predicted octanol–water partition coefficient (Wildman–Crippen LogP) is -1.77. The van der Waals surface area contributed by atoms with E-state index < -0.39 is 49.6 Å². The minimum atomic E-state index is -3.87. The normalized spacial score (nSPS) is 24.3. The van der Waals surface area contributed by atoms with E-state index in [0.717, 1.165) is 0 Å². The lowest BCUT2D eigenvalue weighted by atomic mass is 10.0. The van der Waals surface area contributed by atoms with Crippen molar-refractivity contribution < 1.29 is 27.0 Å². The van der Waals surface area contributed by atoms with Crippen LogP contribution < -0.4 is 4.72 Å². The summed E-state index contributed by atoms with van der Waals surface area (Å²) in [5.74, 6) is -0.547. The van der Waals surface area contributed by atoms with Crippen molar-refractivity contribution in [3.05, 3.63) is 0 Å². The fourth-order valence-electron chi connectivity index (χ4n) is 1.80. The Morgan fingerprint density at radius 2 is 1.89 bits per heavy atom. The van der Waals surface area contributed by atoms with Gasteiger partial charge in [0, 0.05) is 0 Å². The van der Waals surface area contributed by atoms with Crippen LogP contribution in [0.2, 0.25) is 0 Å². The molecule has 1 fully saturated rings. The number of sulfone groups is 1. The highest BCUT2D eigenvalue weighted by Crippen LogP contribution is 2.21. The summed E-state index contributed by atoms with van der Waals surface area (Å²) in [5.41, 5.74) is -1.33. The predicted molar refractivity (Wildman–Crippen MR) is 66.3 cm³/mol. The number of rotatable bonds is 6. The van der Waals surface area contributed by atoms with Gasteiger partial charge in [-0.3, -0.25) is 0 Å². The van der Waals surface area contributed by atoms with E-state index in [0.29, 0.717) is 0 Å². The van der Waals surface area contributed by atoms with Gasteiger partial charge in [0.05, 0.1) is 35.5 Å². The molecule has 1 atom stereocenters. The van der Waals surface area contributed by atoms with Gasteiger partial charge in [-0.25, -0.2) is 21.6 Å². The maximum absolute atomic E-state index is 12.0. The lowest BCUT2D eigenvalue weighted by Gasteiger charge is -2.30. The van der Waals surface area contributed by atoms with Crippen molar-refractivity contribution in [2.24, 2.45) is 0 Å². The summed E-state index contributed by atoms with van der Waals surface area (Å²) < 4.78 is 48.8. The molecule has 1 heterocycles. The van der Waals surface area contributed by atoms with Gasteiger partial charge in [-0.15, -0.1) is 0 Å². The van der Waals surface area contributed by atoms with Crippen molar-refractivity contribution in [3.63, 3.8) is 0 Å². The molecule has 0 aliphatic carbocycles. The van der Waals surface area contributed by atoms with Gasteiger partial charge in [0.2, 0.25) is 10.0 Å². The van der Waals surface area contributed by atoms with Crippen LogP contribution in [0.5, 0.6) is 0 Å². The van der Waals surface area contributed by atoms with Crippen molar-refractivity contribution in [1.82, 2.24) is 4.72 Å². The molecule has 0 saturated carbocycles. The summed E-state index contributed by atoms with van der Waals surface area (Å²) in [6, 6.07) is 0. The molecule has 3 N–H and O–H groups in total. The molecule has 0 aromatic carbocycles. The molecule has 1 aliphatic heterocycles. The number of sulfonamides is 1. The van der Waals surface area contributed by atoms with Gasteiger partial charge in [0.1, 0.15) is 0 Å². The Kier molecular flexibility index (Phi) is 4.76. The van der Waals surface area contributed by atoms with E-state index in [1.807, 2.05) is 0 Å². The van der Waals surface area contributed by atoms with Crippen LogP contribution in [0.15, 0.2) is 0 Å². The Morgan fingerprint density at radius 3 is 2.22 bits per heavy atom. The molecule has 1 unspecified atom stereocenters. The summed E-state index contributed by atoms with van der Waals surface area (Å²) in [5, 5.41) is 17.4. The number of aliphatic hydroxyl groups excluding tert-OH is 2. The van der Waals surface area contributed by atoms with Crippen LogP contribution in [-0.4, -0.2) is 62.6 Å². The van der Waals surface area contributed by atoms with Crippen LogP contribution in [0.4, 0.5) is 0 Å². The lowest BCUT2D eigenvalue weighted by molar-refractivity contribution is 0.105. The highest BCUT2D eigenvalue weighted by atomic mass is 32.2. The van der Waals surface area contributed by atoms with Gasteiger partial charge in [0.15, 0.2) is 9.84 Å². The number of hydrogen-bond acceptors (Lipinski definition) is 6. The second kappa shape index (κ2) is 5.41. The minimum absolute atomic E-state index is 0.0499. The zero-order valence-corrected chi connectivity index (χ0v) is 11.8. The topological polar surface area (TPSA) is 121 Å². The number of aliphatic hydroxyl groups is 2. The molecular weight excluding hydrogens is 282 g/mol. The van der Waals surface area contributed by atoms with Gasteiger partial charge in [0.25, 0.3) is 0 Å². The fraction of sp³-hybridized carbons (Fsp3) is 1.00. The molecule has 1 aliphatic rings. The molecule has 1 saturated heterocycles. The Labute approximate surface area is 107 Å². The first-order valence-electron chi connectivity index (χ1n) is 5.65. The molecule has 7 nitrogen and oxygen atoms in total. The van der Waals surface area contributed by atoms with Gasteiger partial charge in [-0.1, -0.05) is 6.92 Å². The largest absolute Gasteiger partial charge is 0.394 e. The lowest BCUT2D eigenvalue weighted by Crippen LogP contribution is -2.56. The average Bonchev–Trinajstić information content (AvgIpc) is 2.67. The van der Waals surface area contributed by atoms with E-state index in [1.54, 1.807) is 6.92 Å². The molecule has 0 amide bonds. The van der Waals surface area contributed by atoms with E-state index in [-0.39, 0.29) is 18.6 Å². The highest BCUT2D eigenvalue weighted by Gasteiger charge is 2.41. The fourth-order valence-corrected chi connectivity index (χ4v) is 6.30. The Morgan fingerprint density at radius 1 is 1.33 bits per heavy atom. The van der Waals surface area contributed by atoms with E-state index >= 15 is 0 Å². The summed E-state index contributed by atoms with van der Waals surface area (Å²) in [4.78, 5) is 0. The zero-order chi connectivity index (χ0) is 14.0. The number of hydrogen-bond donors (Lipinski definition) is 3. The SMILES string of the molecule is CCC(CO)(CO)NS(=O)(=O)C1CCS(=O)(=O)C1. The maximum atomic E-state index is 12.0. The molecule has 18 heavy (non-hydrogen) atoms. The third-order valence-electron chi connectivity index (χ3n) is 3.27. The van der Waals surface area contributed by atoms with Gasteiger partial charge in [-0.05, 0) is 12.8 Å². The molecule has 0 aromatic rings. The highest BCUT2D eigenvalue weighted by molar-refractivity contribution is 7.95. The van der Waals surface area contributed by atoms with Crippen LogP contribution in [0.25, 0.3) is 0 Å². The molecule has 1 rings (SSSR count). The number of nitrogens with one attached hydrogen (secondary N) is 1. The second-order valence-electron chi connectivity index (χ2n) is 4.62. The van der Waals surface area contributed by atoms with Crippen LogP contribution in [-0.2, 0) is 19.9 Å². The minimum Gasteiger partial charge on any atom is -0.394 e. The molecule has 108 valence electrons. The van der Waals surface area contributed by atoms with Gasteiger partial charge >= 0.3 is 0 Å². The third kappa shape index (κ3) is 3.41. The van der Waals surface area contributed by atoms with E-state index in [9.17, 15) is 27.0 Å². The molecule has 0 radical (unpaired) electrons. The standard InChI is InChI=1S/C9H19NO6S2/c1-2-9(6-11,7-12)10-18(15,16)8-3-4-17(13,14)5-8/h8,10-12H,2-7H2,1H3. The van der Waals surface area contributed by atoms with Crippen LogP contribution >= 0.6 is 0 Å². The van der Waals surface area contributed by atoms with Crippen molar-refractivity contribution in [1.29, 1.82) is 0 Å². The summed E-state index contributed by atoms with van der Waals surface area (Å²) in [6.07, 6.45) is 0.257. The average molecular weight is 301 g/mol. The molecule has 0 spiro atoms. The van der Waals surface area contributed by atoms with Crippen LogP contribution in [0.3, 0.4) is 0 Å². The third-order valence-corrected chi connectivity index (χ3v) is 7.25. The Balaban J connectivity index is 2.89.